The lowest BCUT2D eigenvalue weighted by Crippen LogP contribution is -2.23. The van der Waals surface area contributed by atoms with Gasteiger partial charge in [-0.3, -0.25) is 0 Å². The van der Waals surface area contributed by atoms with E-state index in [-0.39, 0.29) is 11.4 Å². The van der Waals surface area contributed by atoms with E-state index >= 15 is 0 Å². The minimum absolute atomic E-state index is 0.104. The normalized spacial score (nSPS) is 11.6. The third-order valence-corrected chi connectivity index (χ3v) is 4.20. The van der Waals surface area contributed by atoms with Gasteiger partial charge >= 0.3 is 0 Å². The summed E-state index contributed by atoms with van der Waals surface area (Å²) in [5, 5.41) is 0. The summed E-state index contributed by atoms with van der Waals surface area (Å²) in [5.74, 6) is -1.97. The summed E-state index contributed by atoms with van der Waals surface area (Å²) < 4.78 is 52.1. The van der Waals surface area contributed by atoms with Gasteiger partial charge in [0.1, 0.15) is 0 Å². The summed E-state index contributed by atoms with van der Waals surface area (Å²) in [4.78, 5) is 0.130. The molecule has 0 saturated carbocycles. The molecule has 0 fully saturated rings. The zero-order valence-electron chi connectivity index (χ0n) is 10.7. The number of halogens is 2. The van der Waals surface area contributed by atoms with E-state index in [1.807, 2.05) is 6.92 Å². The van der Waals surface area contributed by atoms with Crippen LogP contribution in [0.5, 0.6) is 0 Å². The van der Waals surface area contributed by atoms with Crippen LogP contribution in [0.25, 0.3) is 0 Å². The lowest BCUT2D eigenvalue weighted by atomic mass is 10.2. The van der Waals surface area contributed by atoms with E-state index in [2.05, 4.69) is 4.72 Å². The van der Waals surface area contributed by atoms with Crippen LogP contribution in [-0.4, -0.2) is 8.42 Å². The van der Waals surface area contributed by atoms with E-state index in [1.165, 1.54) is 18.2 Å². The Balaban J connectivity index is 2.13. The van der Waals surface area contributed by atoms with Crippen LogP contribution in [0, 0.1) is 18.6 Å². The van der Waals surface area contributed by atoms with Crippen molar-refractivity contribution < 1.29 is 17.2 Å². The van der Waals surface area contributed by atoms with E-state index in [0.29, 0.717) is 5.56 Å². The second-order valence-electron chi connectivity index (χ2n) is 4.39. The van der Waals surface area contributed by atoms with Crippen molar-refractivity contribution >= 4 is 10.0 Å². The van der Waals surface area contributed by atoms with Crippen LogP contribution in [0.2, 0.25) is 0 Å². The van der Waals surface area contributed by atoms with Gasteiger partial charge in [0.25, 0.3) is 0 Å². The highest BCUT2D eigenvalue weighted by molar-refractivity contribution is 7.89. The van der Waals surface area contributed by atoms with Gasteiger partial charge in [-0.15, -0.1) is 0 Å². The fraction of sp³-hybridized carbons (Fsp3) is 0.143. The van der Waals surface area contributed by atoms with E-state index in [0.717, 1.165) is 17.7 Å². The predicted molar refractivity (Wildman–Crippen MR) is 71.6 cm³/mol. The SMILES string of the molecule is Cc1ccc(S(=O)(=O)NCc2ccc(F)c(F)c2)cc1. The first-order valence-electron chi connectivity index (χ1n) is 5.89. The molecule has 106 valence electrons. The molecule has 0 aliphatic rings. The molecule has 0 saturated heterocycles. The average Bonchev–Trinajstić information content (AvgIpc) is 2.41. The van der Waals surface area contributed by atoms with Crippen LogP contribution in [-0.2, 0) is 16.6 Å². The first-order chi connectivity index (χ1) is 9.38. The number of sulfonamides is 1. The highest BCUT2D eigenvalue weighted by atomic mass is 32.2. The number of benzene rings is 2. The Bertz CT molecular complexity index is 712. The molecule has 6 heteroatoms. The van der Waals surface area contributed by atoms with Crippen LogP contribution in [0.4, 0.5) is 8.78 Å². The van der Waals surface area contributed by atoms with Crippen LogP contribution >= 0.6 is 0 Å². The number of aryl methyl sites for hydroxylation is 1. The van der Waals surface area contributed by atoms with Gasteiger partial charge in [0, 0.05) is 6.54 Å². The van der Waals surface area contributed by atoms with Crippen molar-refractivity contribution in [2.45, 2.75) is 18.4 Å². The van der Waals surface area contributed by atoms with Crippen molar-refractivity contribution in [3.63, 3.8) is 0 Å². The Hall–Kier alpha value is -1.79. The Morgan fingerprint density at radius 3 is 2.25 bits per heavy atom. The highest BCUT2D eigenvalue weighted by Gasteiger charge is 2.13. The number of hydrogen-bond acceptors (Lipinski definition) is 2. The van der Waals surface area contributed by atoms with Crippen LogP contribution in [0.15, 0.2) is 47.4 Å². The third kappa shape index (κ3) is 3.40. The highest BCUT2D eigenvalue weighted by Crippen LogP contribution is 2.12. The number of rotatable bonds is 4. The molecule has 0 atom stereocenters. The minimum atomic E-state index is -3.66. The lowest BCUT2D eigenvalue weighted by Gasteiger charge is -2.07. The van der Waals surface area contributed by atoms with Gasteiger partial charge in [-0.1, -0.05) is 23.8 Å². The molecule has 0 heterocycles. The summed E-state index contributed by atoms with van der Waals surface area (Å²) in [6.45, 7) is 1.75. The van der Waals surface area contributed by atoms with Gasteiger partial charge in [0.05, 0.1) is 4.90 Å². The Morgan fingerprint density at radius 2 is 1.65 bits per heavy atom. The Kier molecular flexibility index (Phi) is 4.15. The molecule has 0 aromatic heterocycles. The van der Waals surface area contributed by atoms with Crippen molar-refractivity contribution in [3.05, 3.63) is 65.2 Å². The Labute approximate surface area is 116 Å². The molecule has 20 heavy (non-hydrogen) atoms. The zero-order valence-corrected chi connectivity index (χ0v) is 11.5. The predicted octanol–water partition coefficient (Wildman–Crippen LogP) is 2.75. The molecule has 0 aliphatic carbocycles. The second kappa shape index (κ2) is 5.68. The molecule has 2 rings (SSSR count). The molecule has 0 bridgehead atoms. The van der Waals surface area contributed by atoms with Gasteiger partial charge in [-0.05, 0) is 36.8 Å². The summed E-state index contributed by atoms with van der Waals surface area (Å²) in [6.07, 6.45) is 0. The van der Waals surface area contributed by atoms with Crippen molar-refractivity contribution in [1.82, 2.24) is 4.72 Å². The molecule has 0 aliphatic heterocycles. The smallest absolute Gasteiger partial charge is 0.207 e. The van der Waals surface area contributed by atoms with Crippen LogP contribution in [0.3, 0.4) is 0 Å². The second-order valence-corrected chi connectivity index (χ2v) is 6.15. The van der Waals surface area contributed by atoms with Crippen molar-refractivity contribution in [1.29, 1.82) is 0 Å². The summed E-state index contributed by atoms with van der Waals surface area (Å²) in [7, 11) is -3.66. The maximum Gasteiger partial charge on any atom is 0.240 e. The molecule has 1 N–H and O–H groups in total. The van der Waals surface area contributed by atoms with Gasteiger partial charge in [0.2, 0.25) is 10.0 Å². The molecule has 2 aromatic rings. The van der Waals surface area contributed by atoms with Crippen molar-refractivity contribution in [2.24, 2.45) is 0 Å². The number of nitrogens with one attached hydrogen (secondary N) is 1. The molecule has 3 nitrogen and oxygen atoms in total. The van der Waals surface area contributed by atoms with E-state index in [1.54, 1.807) is 12.1 Å². The van der Waals surface area contributed by atoms with Gasteiger partial charge in [0.15, 0.2) is 11.6 Å². The quantitative estimate of drug-likeness (QED) is 0.943. The first-order valence-corrected chi connectivity index (χ1v) is 7.37. The minimum Gasteiger partial charge on any atom is -0.207 e. The summed E-state index contributed by atoms with van der Waals surface area (Å²) in [5.41, 5.74) is 1.30. The van der Waals surface area contributed by atoms with Crippen LogP contribution < -0.4 is 4.72 Å². The standard InChI is InChI=1S/C14H13F2NO2S/c1-10-2-5-12(6-3-10)20(18,19)17-9-11-4-7-13(15)14(16)8-11/h2-8,17H,9H2,1H3. The van der Waals surface area contributed by atoms with E-state index in [4.69, 9.17) is 0 Å². The molecule has 0 amide bonds. The zero-order chi connectivity index (χ0) is 14.8. The molecular formula is C14H13F2NO2S. The monoisotopic (exact) mass is 297 g/mol. The average molecular weight is 297 g/mol. The topological polar surface area (TPSA) is 46.2 Å². The van der Waals surface area contributed by atoms with Crippen LogP contribution in [0.1, 0.15) is 11.1 Å². The molecular weight excluding hydrogens is 284 g/mol. The first kappa shape index (κ1) is 14.6. The fourth-order valence-electron chi connectivity index (χ4n) is 1.63. The molecule has 2 aromatic carbocycles. The van der Waals surface area contributed by atoms with Crippen molar-refractivity contribution in [3.8, 4) is 0 Å². The molecule has 0 spiro atoms. The van der Waals surface area contributed by atoms with Gasteiger partial charge < -0.3 is 0 Å². The van der Waals surface area contributed by atoms with Gasteiger partial charge in [-0.25, -0.2) is 21.9 Å². The lowest BCUT2D eigenvalue weighted by molar-refractivity contribution is 0.506. The van der Waals surface area contributed by atoms with E-state index < -0.39 is 21.7 Å². The largest absolute Gasteiger partial charge is 0.240 e. The van der Waals surface area contributed by atoms with E-state index in [9.17, 15) is 17.2 Å². The van der Waals surface area contributed by atoms with Crippen molar-refractivity contribution in [2.75, 3.05) is 0 Å². The Morgan fingerprint density at radius 1 is 1.00 bits per heavy atom. The third-order valence-electron chi connectivity index (χ3n) is 2.78. The maximum absolute atomic E-state index is 13.0. The molecule has 0 radical (unpaired) electrons. The summed E-state index contributed by atoms with van der Waals surface area (Å²) >= 11 is 0. The fourth-order valence-corrected chi connectivity index (χ4v) is 2.65. The summed E-state index contributed by atoms with van der Waals surface area (Å²) in [6, 6.07) is 9.61. The number of hydrogen-bond donors (Lipinski definition) is 1. The molecule has 0 unspecified atom stereocenters. The van der Waals surface area contributed by atoms with Gasteiger partial charge in [-0.2, -0.15) is 0 Å². The maximum atomic E-state index is 13.0.